The number of benzene rings is 1. The first-order valence-electron chi connectivity index (χ1n) is 12.4. The molecule has 5 heteroatoms. The van der Waals surface area contributed by atoms with Crippen molar-refractivity contribution < 1.29 is 9.59 Å². The van der Waals surface area contributed by atoms with E-state index in [0.29, 0.717) is 13.0 Å². The zero-order valence-corrected chi connectivity index (χ0v) is 19.4. The van der Waals surface area contributed by atoms with E-state index in [1.807, 2.05) is 36.1 Å². The van der Waals surface area contributed by atoms with Gasteiger partial charge in [0.05, 0.1) is 0 Å². The van der Waals surface area contributed by atoms with Gasteiger partial charge < -0.3 is 15.1 Å². The lowest BCUT2D eigenvalue weighted by molar-refractivity contribution is -0.132. The van der Waals surface area contributed by atoms with E-state index in [2.05, 4.69) is 17.1 Å². The number of carbonyl (C=O) groups excluding carboxylic acids is 2. The summed E-state index contributed by atoms with van der Waals surface area (Å²) in [6.07, 6.45) is 10.1. The number of nitrogens with one attached hydrogen (secondary N) is 1. The fourth-order valence-electron chi connectivity index (χ4n) is 5.62. The molecule has 4 rings (SSSR count). The highest BCUT2D eigenvalue weighted by atomic mass is 16.2. The van der Waals surface area contributed by atoms with Crippen LogP contribution in [0.3, 0.4) is 0 Å². The summed E-state index contributed by atoms with van der Waals surface area (Å²) in [5.41, 5.74) is 0.920. The van der Waals surface area contributed by atoms with E-state index in [9.17, 15) is 9.59 Å². The Labute approximate surface area is 187 Å². The van der Waals surface area contributed by atoms with E-state index in [4.69, 9.17) is 0 Å². The Morgan fingerprint density at radius 3 is 2.42 bits per heavy atom. The molecule has 0 aromatic heterocycles. The largest absolute Gasteiger partial charge is 0.351 e. The summed E-state index contributed by atoms with van der Waals surface area (Å²) in [5, 5.41) is 3.33. The third kappa shape index (κ3) is 4.97. The highest BCUT2D eigenvalue weighted by molar-refractivity contribution is 6.02. The van der Waals surface area contributed by atoms with Crippen LogP contribution >= 0.6 is 0 Å². The highest BCUT2D eigenvalue weighted by Crippen LogP contribution is 2.32. The van der Waals surface area contributed by atoms with Gasteiger partial charge in [-0.2, -0.15) is 0 Å². The lowest BCUT2D eigenvalue weighted by atomic mass is 9.81. The van der Waals surface area contributed by atoms with Crippen LogP contribution in [0.5, 0.6) is 0 Å². The normalized spacial score (nSPS) is 29.9. The van der Waals surface area contributed by atoms with E-state index in [1.165, 1.54) is 38.5 Å². The molecule has 5 nitrogen and oxygen atoms in total. The van der Waals surface area contributed by atoms with Crippen molar-refractivity contribution in [3.05, 3.63) is 35.4 Å². The van der Waals surface area contributed by atoms with Crippen LogP contribution in [0.15, 0.2) is 24.3 Å². The van der Waals surface area contributed by atoms with Crippen LogP contribution in [0.4, 0.5) is 0 Å². The van der Waals surface area contributed by atoms with Crippen molar-refractivity contribution in [2.45, 2.75) is 83.2 Å². The summed E-state index contributed by atoms with van der Waals surface area (Å²) in [6.45, 7) is 7.92. The van der Waals surface area contributed by atoms with Gasteiger partial charge in [0.15, 0.2) is 0 Å². The third-order valence-corrected chi connectivity index (χ3v) is 7.80. The van der Waals surface area contributed by atoms with Gasteiger partial charge in [-0.1, -0.05) is 38.0 Å². The number of hydrogen-bond donors (Lipinski definition) is 1. The van der Waals surface area contributed by atoms with Crippen LogP contribution in [0.25, 0.3) is 0 Å². The molecule has 0 bridgehead atoms. The van der Waals surface area contributed by atoms with Crippen molar-refractivity contribution in [3.63, 3.8) is 0 Å². The number of rotatable bonds is 5. The molecule has 1 aromatic rings. The van der Waals surface area contributed by atoms with E-state index in [1.54, 1.807) is 0 Å². The lowest BCUT2D eigenvalue weighted by Crippen LogP contribution is -2.64. The second-order valence-electron chi connectivity index (χ2n) is 10.3. The molecular weight excluding hydrogens is 386 g/mol. The average Bonchev–Trinajstić information content (AvgIpc) is 3.04. The van der Waals surface area contributed by atoms with Crippen LogP contribution in [0, 0.1) is 5.92 Å². The predicted molar refractivity (Wildman–Crippen MR) is 124 cm³/mol. The van der Waals surface area contributed by atoms with Crippen molar-refractivity contribution in [1.29, 1.82) is 0 Å². The molecular formula is C26H39N3O2. The number of nitrogens with zero attached hydrogens (tertiary/aromatic N) is 2. The lowest BCUT2D eigenvalue weighted by Gasteiger charge is -2.45. The molecule has 1 saturated carbocycles. The van der Waals surface area contributed by atoms with Gasteiger partial charge in [-0.25, -0.2) is 0 Å². The van der Waals surface area contributed by atoms with Gasteiger partial charge in [0, 0.05) is 31.1 Å². The number of fused-ring (bicyclic) bond motifs is 1. The highest BCUT2D eigenvalue weighted by Gasteiger charge is 2.47. The number of hydrogen-bond acceptors (Lipinski definition) is 3. The van der Waals surface area contributed by atoms with E-state index < -0.39 is 5.54 Å². The quantitative estimate of drug-likeness (QED) is 0.775. The smallest absolute Gasteiger partial charge is 0.255 e. The first kappa shape index (κ1) is 22.3. The molecule has 2 heterocycles. The summed E-state index contributed by atoms with van der Waals surface area (Å²) < 4.78 is 0. The van der Waals surface area contributed by atoms with Gasteiger partial charge >= 0.3 is 0 Å². The first-order chi connectivity index (χ1) is 15.0. The van der Waals surface area contributed by atoms with Crippen LogP contribution in [-0.4, -0.2) is 59.4 Å². The molecule has 2 fully saturated rings. The minimum Gasteiger partial charge on any atom is -0.351 e. The van der Waals surface area contributed by atoms with Gasteiger partial charge in [-0.3, -0.25) is 9.59 Å². The van der Waals surface area contributed by atoms with Gasteiger partial charge in [-0.05, 0) is 76.1 Å². The molecule has 3 aliphatic rings. The molecule has 1 unspecified atom stereocenters. The Morgan fingerprint density at radius 1 is 1.03 bits per heavy atom. The van der Waals surface area contributed by atoms with Crippen molar-refractivity contribution in [2.75, 3.05) is 26.2 Å². The Morgan fingerprint density at radius 2 is 1.71 bits per heavy atom. The molecule has 0 spiro atoms. The van der Waals surface area contributed by atoms with Crippen molar-refractivity contribution in [2.24, 2.45) is 5.92 Å². The van der Waals surface area contributed by atoms with E-state index in [-0.39, 0.29) is 17.9 Å². The standard InChI is InChI=1S/C26H39N3O2/c1-20-11-13-22(14-12-20)27-25(31)26(2)19-21-9-5-6-10-23(21)24(30)29(26)18-17-28-15-7-3-4-8-16-28/h5-6,9-10,20,22H,3-4,7-8,11-19H2,1-2H3,(H,27,31). The molecule has 1 saturated heterocycles. The third-order valence-electron chi connectivity index (χ3n) is 7.80. The summed E-state index contributed by atoms with van der Waals surface area (Å²) in [4.78, 5) is 31.5. The monoisotopic (exact) mass is 425 g/mol. The second-order valence-corrected chi connectivity index (χ2v) is 10.3. The molecule has 31 heavy (non-hydrogen) atoms. The second kappa shape index (κ2) is 9.72. The summed E-state index contributed by atoms with van der Waals surface area (Å²) >= 11 is 0. The van der Waals surface area contributed by atoms with E-state index >= 15 is 0 Å². The zero-order valence-electron chi connectivity index (χ0n) is 19.4. The maximum atomic E-state index is 13.6. The fourth-order valence-corrected chi connectivity index (χ4v) is 5.62. The Hall–Kier alpha value is -1.88. The molecule has 2 amide bonds. The predicted octanol–water partition coefficient (Wildman–Crippen LogP) is 4.01. The zero-order chi connectivity index (χ0) is 21.8. The van der Waals surface area contributed by atoms with Crippen molar-refractivity contribution >= 4 is 11.8 Å². The Kier molecular flexibility index (Phi) is 7.00. The summed E-state index contributed by atoms with van der Waals surface area (Å²) in [7, 11) is 0. The number of likely N-dealkylation sites (tertiary alicyclic amines) is 1. The number of carbonyl (C=O) groups is 2. The topological polar surface area (TPSA) is 52.7 Å². The van der Waals surface area contributed by atoms with Gasteiger partial charge in [0.1, 0.15) is 5.54 Å². The van der Waals surface area contributed by atoms with Crippen LogP contribution < -0.4 is 5.32 Å². The molecule has 2 aliphatic heterocycles. The SMILES string of the molecule is CC1CCC(NC(=O)C2(C)Cc3ccccc3C(=O)N2CCN2CCCCCC2)CC1. The molecule has 1 aliphatic carbocycles. The van der Waals surface area contributed by atoms with Gasteiger partial charge in [0.25, 0.3) is 5.91 Å². The first-order valence-corrected chi connectivity index (χ1v) is 12.4. The number of amides is 2. The van der Waals surface area contributed by atoms with Crippen LogP contribution in [0.1, 0.15) is 81.1 Å². The maximum absolute atomic E-state index is 13.6. The Balaban J connectivity index is 1.52. The Bertz CT molecular complexity index is 779. The molecule has 1 atom stereocenters. The van der Waals surface area contributed by atoms with Crippen molar-refractivity contribution in [1.82, 2.24) is 15.1 Å². The molecule has 1 N–H and O–H groups in total. The van der Waals surface area contributed by atoms with Crippen molar-refractivity contribution in [3.8, 4) is 0 Å². The molecule has 170 valence electrons. The van der Waals surface area contributed by atoms with Crippen LogP contribution in [0.2, 0.25) is 0 Å². The average molecular weight is 426 g/mol. The minimum atomic E-state index is -0.833. The van der Waals surface area contributed by atoms with Gasteiger partial charge in [0.2, 0.25) is 5.91 Å². The molecule has 1 aromatic carbocycles. The minimum absolute atomic E-state index is 0.00610. The summed E-state index contributed by atoms with van der Waals surface area (Å²) in [6, 6.07) is 8.06. The summed E-state index contributed by atoms with van der Waals surface area (Å²) in [5.74, 6) is 0.773. The fraction of sp³-hybridized carbons (Fsp3) is 0.692. The maximum Gasteiger partial charge on any atom is 0.255 e. The van der Waals surface area contributed by atoms with Gasteiger partial charge in [-0.15, -0.1) is 0 Å². The van der Waals surface area contributed by atoms with Crippen LogP contribution in [-0.2, 0) is 11.2 Å². The van der Waals surface area contributed by atoms with E-state index in [0.717, 1.165) is 49.5 Å². The molecule has 0 radical (unpaired) electrons.